The lowest BCUT2D eigenvalue weighted by molar-refractivity contribution is -0.122. The third-order valence-electron chi connectivity index (χ3n) is 2.93. The number of primary amides is 1. The van der Waals surface area contributed by atoms with Gasteiger partial charge in [-0.2, -0.15) is 0 Å². The second-order valence-electron chi connectivity index (χ2n) is 4.64. The van der Waals surface area contributed by atoms with Crippen molar-refractivity contribution >= 4 is 29.1 Å². The molecular weight excluding hydrogens is 304 g/mol. The number of carbonyl (C=O) groups excluding carboxylic acids is 2. The van der Waals surface area contributed by atoms with Gasteiger partial charge in [0.2, 0.25) is 5.91 Å². The summed E-state index contributed by atoms with van der Waals surface area (Å²) in [5, 5.41) is 3.32. The molecule has 22 heavy (non-hydrogen) atoms. The van der Waals surface area contributed by atoms with E-state index in [1.807, 2.05) is 0 Å². The van der Waals surface area contributed by atoms with E-state index in [-0.39, 0.29) is 5.91 Å². The van der Waals surface area contributed by atoms with Crippen LogP contribution in [0.15, 0.2) is 48.5 Å². The molecule has 6 heteroatoms. The van der Waals surface area contributed by atoms with Gasteiger partial charge in [0.15, 0.2) is 6.10 Å². The molecule has 1 atom stereocenters. The fraction of sp³-hybridized carbons (Fsp3) is 0.125. The fourth-order valence-electron chi connectivity index (χ4n) is 1.73. The van der Waals surface area contributed by atoms with E-state index < -0.39 is 12.0 Å². The molecule has 5 nitrogen and oxygen atoms in total. The second kappa shape index (κ2) is 6.95. The summed E-state index contributed by atoms with van der Waals surface area (Å²) in [5.74, 6) is -0.329. The molecule has 0 aliphatic rings. The van der Waals surface area contributed by atoms with Crippen molar-refractivity contribution in [2.24, 2.45) is 5.73 Å². The zero-order valence-corrected chi connectivity index (χ0v) is 12.6. The summed E-state index contributed by atoms with van der Waals surface area (Å²) < 4.78 is 5.52. The number of nitrogens with two attached hydrogens (primary N) is 1. The van der Waals surface area contributed by atoms with Gasteiger partial charge in [0, 0.05) is 16.3 Å². The Morgan fingerprint density at radius 3 is 2.23 bits per heavy atom. The van der Waals surface area contributed by atoms with Crippen molar-refractivity contribution in [2.45, 2.75) is 13.0 Å². The Morgan fingerprint density at radius 1 is 1.09 bits per heavy atom. The van der Waals surface area contributed by atoms with Gasteiger partial charge in [-0.25, -0.2) is 0 Å². The molecule has 2 rings (SSSR count). The molecule has 2 amide bonds. The van der Waals surface area contributed by atoms with Gasteiger partial charge in [0.05, 0.1) is 0 Å². The molecule has 2 aromatic carbocycles. The fourth-order valence-corrected chi connectivity index (χ4v) is 1.86. The molecule has 0 aliphatic heterocycles. The molecule has 3 N–H and O–H groups in total. The third kappa shape index (κ3) is 4.23. The van der Waals surface area contributed by atoms with Gasteiger partial charge in [-0.1, -0.05) is 11.6 Å². The zero-order chi connectivity index (χ0) is 16.1. The van der Waals surface area contributed by atoms with Crippen molar-refractivity contribution in [3.8, 4) is 5.75 Å². The normalized spacial score (nSPS) is 11.5. The Hall–Kier alpha value is -2.53. The smallest absolute Gasteiger partial charge is 0.265 e. The van der Waals surface area contributed by atoms with Crippen LogP contribution in [-0.2, 0) is 4.79 Å². The minimum Gasteiger partial charge on any atom is -0.481 e. The first-order chi connectivity index (χ1) is 10.5. The molecule has 0 spiro atoms. The molecule has 2 aromatic rings. The number of hydrogen-bond acceptors (Lipinski definition) is 3. The van der Waals surface area contributed by atoms with E-state index in [1.165, 1.54) is 0 Å². The molecular formula is C16H15ClN2O3. The van der Waals surface area contributed by atoms with E-state index in [4.69, 9.17) is 22.1 Å². The van der Waals surface area contributed by atoms with Gasteiger partial charge in [-0.15, -0.1) is 0 Å². The first-order valence-electron chi connectivity index (χ1n) is 6.58. The predicted octanol–water partition coefficient (Wildman–Crippen LogP) is 2.84. The quantitative estimate of drug-likeness (QED) is 0.889. The number of carbonyl (C=O) groups is 2. The van der Waals surface area contributed by atoms with E-state index in [1.54, 1.807) is 55.5 Å². The molecule has 0 aliphatic carbocycles. The predicted molar refractivity (Wildman–Crippen MR) is 85.1 cm³/mol. The molecule has 0 fully saturated rings. The maximum absolute atomic E-state index is 12.0. The number of halogens is 1. The van der Waals surface area contributed by atoms with Crippen molar-refractivity contribution in [1.82, 2.24) is 0 Å². The maximum Gasteiger partial charge on any atom is 0.265 e. The molecule has 0 saturated carbocycles. The van der Waals surface area contributed by atoms with Gasteiger partial charge in [0.25, 0.3) is 5.91 Å². The van der Waals surface area contributed by atoms with Crippen LogP contribution >= 0.6 is 11.6 Å². The Labute approximate surface area is 133 Å². The van der Waals surface area contributed by atoms with Crippen LogP contribution in [0.5, 0.6) is 5.75 Å². The largest absolute Gasteiger partial charge is 0.481 e. The summed E-state index contributed by atoms with van der Waals surface area (Å²) in [6.45, 7) is 1.63. The third-order valence-corrected chi connectivity index (χ3v) is 3.18. The van der Waals surface area contributed by atoms with E-state index in [9.17, 15) is 9.59 Å². The van der Waals surface area contributed by atoms with Gasteiger partial charge in [0.1, 0.15) is 5.75 Å². The molecule has 0 bridgehead atoms. The lowest BCUT2D eigenvalue weighted by Crippen LogP contribution is -2.30. The van der Waals surface area contributed by atoms with E-state index in [2.05, 4.69) is 5.32 Å². The topological polar surface area (TPSA) is 81.4 Å². The molecule has 0 aromatic heterocycles. The monoisotopic (exact) mass is 318 g/mol. The van der Waals surface area contributed by atoms with Gasteiger partial charge in [-0.05, 0) is 55.5 Å². The number of nitrogens with one attached hydrogen (secondary N) is 1. The highest BCUT2D eigenvalue weighted by atomic mass is 35.5. The van der Waals surface area contributed by atoms with Crippen molar-refractivity contribution in [3.63, 3.8) is 0 Å². The SMILES string of the molecule is CC(Oc1ccc(C(N)=O)cc1)C(=O)Nc1ccc(Cl)cc1. The van der Waals surface area contributed by atoms with Crippen molar-refractivity contribution in [3.05, 3.63) is 59.1 Å². The first kappa shape index (κ1) is 15.9. The molecule has 1 unspecified atom stereocenters. The van der Waals surface area contributed by atoms with Crippen LogP contribution in [-0.4, -0.2) is 17.9 Å². The van der Waals surface area contributed by atoms with Crippen LogP contribution in [0.4, 0.5) is 5.69 Å². The highest BCUT2D eigenvalue weighted by Crippen LogP contribution is 2.16. The Bertz CT molecular complexity index is 669. The number of benzene rings is 2. The van der Waals surface area contributed by atoms with Crippen molar-refractivity contribution in [1.29, 1.82) is 0 Å². The lowest BCUT2D eigenvalue weighted by Gasteiger charge is -2.15. The van der Waals surface area contributed by atoms with Crippen molar-refractivity contribution < 1.29 is 14.3 Å². The number of rotatable bonds is 5. The van der Waals surface area contributed by atoms with Crippen LogP contribution in [0.2, 0.25) is 5.02 Å². The summed E-state index contributed by atoms with van der Waals surface area (Å²) >= 11 is 5.78. The number of ether oxygens (including phenoxy) is 1. The highest BCUT2D eigenvalue weighted by molar-refractivity contribution is 6.30. The van der Waals surface area contributed by atoms with E-state index in [0.29, 0.717) is 22.0 Å². The highest BCUT2D eigenvalue weighted by Gasteiger charge is 2.15. The number of anilines is 1. The molecule has 114 valence electrons. The second-order valence-corrected chi connectivity index (χ2v) is 5.08. The summed E-state index contributed by atoms with van der Waals surface area (Å²) in [7, 11) is 0. The average Bonchev–Trinajstić information content (AvgIpc) is 2.50. The van der Waals surface area contributed by atoms with Crippen molar-refractivity contribution in [2.75, 3.05) is 5.32 Å². The first-order valence-corrected chi connectivity index (χ1v) is 6.96. The van der Waals surface area contributed by atoms with Gasteiger partial charge >= 0.3 is 0 Å². The summed E-state index contributed by atoms with van der Waals surface area (Å²) in [6.07, 6.45) is -0.699. The molecule has 0 radical (unpaired) electrons. The Morgan fingerprint density at radius 2 is 1.68 bits per heavy atom. The Balaban J connectivity index is 1.95. The average molecular weight is 319 g/mol. The maximum atomic E-state index is 12.0. The standard InChI is InChI=1S/C16H15ClN2O3/c1-10(16(21)19-13-6-4-12(17)5-7-13)22-14-8-2-11(3-9-14)15(18)20/h2-10H,1H3,(H2,18,20)(H,19,21). The van der Waals surface area contributed by atoms with Crippen LogP contribution < -0.4 is 15.8 Å². The Kier molecular flexibility index (Phi) is 5.01. The summed E-state index contributed by atoms with van der Waals surface area (Å²) in [4.78, 5) is 23.0. The van der Waals surface area contributed by atoms with Crippen LogP contribution in [0.25, 0.3) is 0 Å². The molecule has 0 heterocycles. The molecule has 0 saturated heterocycles. The number of amides is 2. The lowest BCUT2D eigenvalue weighted by atomic mass is 10.2. The number of hydrogen-bond donors (Lipinski definition) is 2. The van der Waals surface area contributed by atoms with Gasteiger partial charge < -0.3 is 15.8 Å². The van der Waals surface area contributed by atoms with Crippen LogP contribution in [0.1, 0.15) is 17.3 Å². The van der Waals surface area contributed by atoms with E-state index >= 15 is 0 Å². The van der Waals surface area contributed by atoms with Gasteiger partial charge in [-0.3, -0.25) is 9.59 Å². The summed E-state index contributed by atoms with van der Waals surface area (Å²) in [5.41, 5.74) is 6.17. The summed E-state index contributed by atoms with van der Waals surface area (Å²) in [6, 6.07) is 13.0. The minimum absolute atomic E-state index is 0.290. The van der Waals surface area contributed by atoms with Crippen LogP contribution in [0, 0.1) is 0 Å². The van der Waals surface area contributed by atoms with E-state index in [0.717, 1.165) is 0 Å². The minimum atomic E-state index is -0.699. The zero-order valence-electron chi connectivity index (χ0n) is 11.9. The van der Waals surface area contributed by atoms with Crippen LogP contribution in [0.3, 0.4) is 0 Å².